The first kappa shape index (κ1) is 23.2. The molecule has 1 aromatic carbocycles. The molecule has 6 nitrogen and oxygen atoms in total. The van der Waals surface area contributed by atoms with Crippen LogP contribution in [0.3, 0.4) is 0 Å². The minimum Gasteiger partial charge on any atom is -0.378 e. The zero-order valence-electron chi connectivity index (χ0n) is 19.1. The molecule has 2 fully saturated rings. The van der Waals surface area contributed by atoms with Gasteiger partial charge in [-0.25, -0.2) is 18.1 Å². The lowest BCUT2D eigenvalue weighted by Crippen LogP contribution is -2.57. The van der Waals surface area contributed by atoms with Crippen LogP contribution in [0.5, 0.6) is 0 Å². The minimum atomic E-state index is -3.28. The van der Waals surface area contributed by atoms with E-state index in [-0.39, 0.29) is 24.1 Å². The number of nitrogens with one attached hydrogen (secondary N) is 1. The molecule has 32 heavy (non-hydrogen) atoms. The Hall–Kier alpha value is -1.96. The summed E-state index contributed by atoms with van der Waals surface area (Å²) in [6.45, 7) is 3.48. The van der Waals surface area contributed by atoms with Gasteiger partial charge in [0.25, 0.3) is 0 Å². The maximum Gasteiger partial charge on any atom is 0.208 e. The molecule has 1 aliphatic carbocycles. The molecule has 0 radical (unpaired) electrons. The SMILES string of the molecule is C[C@@H]1[C@@H](COC2CCC(c3ccccc3)CC2)C(NS(C)(=O)=O)CCN1c1ccccn1. The van der Waals surface area contributed by atoms with Crippen LogP contribution in [0, 0.1) is 5.92 Å². The fourth-order valence-electron chi connectivity index (χ4n) is 5.32. The summed E-state index contributed by atoms with van der Waals surface area (Å²) in [6, 6.07) is 16.7. The highest BCUT2D eigenvalue weighted by atomic mass is 32.2. The molecule has 1 aromatic heterocycles. The summed E-state index contributed by atoms with van der Waals surface area (Å²) in [5.41, 5.74) is 1.43. The molecular formula is C25H35N3O3S. The van der Waals surface area contributed by atoms with Crippen LogP contribution in [0.25, 0.3) is 0 Å². The van der Waals surface area contributed by atoms with Gasteiger partial charge >= 0.3 is 0 Å². The number of ether oxygens (including phenoxy) is 1. The van der Waals surface area contributed by atoms with Gasteiger partial charge in [-0.2, -0.15) is 0 Å². The third-order valence-corrected chi connectivity index (χ3v) is 7.82. The first-order chi connectivity index (χ1) is 15.4. The predicted molar refractivity (Wildman–Crippen MR) is 128 cm³/mol. The van der Waals surface area contributed by atoms with Crippen molar-refractivity contribution in [3.05, 3.63) is 60.3 Å². The molecule has 3 atom stereocenters. The number of piperidine rings is 1. The van der Waals surface area contributed by atoms with Crippen LogP contribution in [-0.4, -0.2) is 51.0 Å². The molecule has 1 aliphatic heterocycles. The van der Waals surface area contributed by atoms with Crippen LogP contribution in [-0.2, 0) is 14.8 Å². The predicted octanol–water partition coefficient (Wildman–Crippen LogP) is 3.96. The summed E-state index contributed by atoms with van der Waals surface area (Å²) in [6.07, 6.45) is 8.41. The highest BCUT2D eigenvalue weighted by Gasteiger charge is 2.38. The van der Waals surface area contributed by atoms with Crippen molar-refractivity contribution in [1.82, 2.24) is 9.71 Å². The van der Waals surface area contributed by atoms with E-state index in [1.165, 1.54) is 11.8 Å². The van der Waals surface area contributed by atoms with Crippen molar-refractivity contribution < 1.29 is 13.2 Å². The second kappa shape index (κ2) is 10.3. The van der Waals surface area contributed by atoms with Gasteiger partial charge in [0.2, 0.25) is 10.0 Å². The molecule has 0 spiro atoms. The maximum absolute atomic E-state index is 12.0. The lowest BCUT2D eigenvalue weighted by atomic mass is 9.82. The first-order valence-corrected chi connectivity index (χ1v) is 13.6. The number of nitrogens with zero attached hydrogens (tertiary/aromatic N) is 2. The van der Waals surface area contributed by atoms with E-state index in [1.807, 2.05) is 18.2 Å². The molecule has 1 saturated heterocycles. The highest BCUT2D eigenvalue weighted by Crippen LogP contribution is 2.35. The third-order valence-electron chi connectivity index (χ3n) is 7.09. The average Bonchev–Trinajstić information content (AvgIpc) is 2.79. The van der Waals surface area contributed by atoms with Crippen LogP contribution in [0.15, 0.2) is 54.7 Å². The van der Waals surface area contributed by atoms with E-state index >= 15 is 0 Å². The number of aromatic nitrogens is 1. The summed E-state index contributed by atoms with van der Waals surface area (Å²) in [4.78, 5) is 6.80. The molecule has 174 valence electrons. The van der Waals surface area contributed by atoms with Crippen LogP contribution in [0.1, 0.15) is 50.5 Å². The minimum absolute atomic E-state index is 0.0623. The Labute approximate surface area is 192 Å². The Morgan fingerprint density at radius 2 is 1.75 bits per heavy atom. The van der Waals surface area contributed by atoms with Crippen LogP contribution >= 0.6 is 0 Å². The van der Waals surface area contributed by atoms with Crippen molar-refractivity contribution in [3.63, 3.8) is 0 Å². The molecule has 4 rings (SSSR count). The van der Waals surface area contributed by atoms with Gasteiger partial charge < -0.3 is 9.64 Å². The monoisotopic (exact) mass is 457 g/mol. The number of hydrogen-bond donors (Lipinski definition) is 1. The van der Waals surface area contributed by atoms with Gasteiger partial charge in [0.1, 0.15) is 5.82 Å². The van der Waals surface area contributed by atoms with E-state index in [0.717, 1.165) is 44.5 Å². The first-order valence-electron chi connectivity index (χ1n) is 11.7. The molecule has 7 heteroatoms. The van der Waals surface area contributed by atoms with Crippen molar-refractivity contribution in [3.8, 4) is 0 Å². The third kappa shape index (κ3) is 5.88. The summed E-state index contributed by atoms with van der Waals surface area (Å²) in [7, 11) is -3.28. The van der Waals surface area contributed by atoms with E-state index in [1.54, 1.807) is 6.20 Å². The van der Waals surface area contributed by atoms with E-state index in [2.05, 4.69) is 51.9 Å². The fourth-order valence-corrected chi connectivity index (χ4v) is 6.16. The molecule has 2 aromatic rings. The normalized spacial score (nSPS) is 29.1. The fraction of sp³-hybridized carbons (Fsp3) is 0.560. The van der Waals surface area contributed by atoms with Crippen LogP contribution < -0.4 is 9.62 Å². The Bertz CT molecular complexity index is 947. The maximum atomic E-state index is 12.0. The van der Waals surface area contributed by atoms with Crippen LogP contribution in [0.4, 0.5) is 5.82 Å². The second-order valence-electron chi connectivity index (χ2n) is 9.29. The molecule has 0 amide bonds. The summed E-state index contributed by atoms with van der Waals surface area (Å²) in [5, 5.41) is 0. The van der Waals surface area contributed by atoms with Crippen molar-refractivity contribution in [2.75, 3.05) is 24.3 Å². The Morgan fingerprint density at radius 3 is 2.41 bits per heavy atom. The number of benzene rings is 1. The number of pyridine rings is 1. The Morgan fingerprint density at radius 1 is 1.03 bits per heavy atom. The van der Waals surface area contributed by atoms with Gasteiger partial charge in [-0.3, -0.25) is 0 Å². The van der Waals surface area contributed by atoms with E-state index < -0.39 is 10.0 Å². The van der Waals surface area contributed by atoms with E-state index in [4.69, 9.17) is 4.74 Å². The summed E-state index contributed by atoms with van der Waals surface area (Å²) < 4.78 is 33.3. The van der Waals surface area contributed by atoms with Crippen molar-refractivity contribution in [2.45, 2.75) is 63.1 Å². The molecular weight excluding hydrogens is 422 g/mol. The van der Waals surface area contributed by atoms with Gasteiger partial charge in [0.15, 0.2) is 0 Å². The molecule has 1 saturated carbocycles. The van der Waals surface area contributed by atoms with E-state index in [9.17, 15) is 8.42 Å². The van der Waals surface area contributed by atoms with Gasteiger partial charge in [0, 0.05) is 30.7 Å². The lowest BCUT2D eigenvalue weighted by Gasteiger charge is -2.45. The smallest absolute Gasteiger partial charge is 0.208 e. The number of rotatable bonds is 7. The number of anilines is 1. The zero-order valence-corrected chi connectivity index (χ0v) is 19.9. The largest absolute Gasteiger partial charge is 0.378 e. The zero-order chi connectivity index (χ0) is 22.6. The van der Waals surface area contributed by atoms with Crippen molar-refractivity contribution in [1.29, 1.82) is 0 Å². The summed E-state index contributed by atoms with van der Waals surface area (Å²) in [5.74, 6) is 1.61. The van der Waals surface area contributed by atoms with Gasteiger partial charge in [-0.1, -0.05) is 36.4 Å². The molecule has 2 aliphatic rings. The van der Waals surface area contributed by atoms with Crippen LogP contribution in [0.2, 0.25) is 0 Å². The number of hydrogen-bond acceptors (Lipinski definition) is 5. The average molecular weight is 458 g/mol. The van der Waals surface area contributed by atoms with Crippen molar-refractivity contribution in [2.24, 2.45) is 5.92 Å². The number of sulfonamides is 1. The molecule has 0 bridgehead atoms. The quantitative estimate of drug-likeness (QED) is 0.681. The van der Waals surface area contributed by atoms with Crippen molar-refractivity contribution >= 4 is 15.8 Å². The molecule has 1 N–H and O–H groups in total. The van der Waals surface area contributed by atoms with E-state index in [0.29, 0.717) is 12.5 Å². The highest BCUT2D eigenvalue weighted by molar-refractivity contribution is 7.88. The van der Waals surface area contributed by atoms with Gasteiger partial charge in [0.05, 0.1) is 19.0 Å². The van der Waals surface area contributed by atoms with Gasteiger partial charge in [-0.05, 0) is 62.6 Å². The standard InChI is InChI=1S/C25H35N3O3S/c1-19-23(18-31-22-13-11-21(12-14-22)20-8-4-3-5-9-20)24(27-32(2,29)30)15-17-28(19)25-10-6-7-16-26-25/h3-10,16,19,21-24,27H,11-15,17-18H2,1-2H3/t19-,21?,22?,23-,24?/m1/s1. The Kier molecular flexibility index (Phi) is 7.48. The summed E-state index contributed by atoms with van der Waals surface area (Å²) >= 11 is 0. The topological polar surface area (TPSA) is 71.5 Å². The second-order valence-corrected chi connectivity index (χ2v) is 11.1. The van der Waals surface area contributed by atoms with Gasteiger partial charge in [-0.15, -0.1) is 0 Å². The molecule has 2 heterocycles. The molecule has 1 unspecified atom stereocenters. The lowest BCUT2D eigenvalue weighted by molar-refractivity contribution is -0.00891. The Balaban J connectivity index is 1.39.